The molecule has 1 aromatic heterocycles. The average Bonchev–Trinajstić information content (AvgIpc) is 3.08. The Morgan fingerprint density at radius 2 is 1.86 bits per heavy atom. The molecular formula is C22H24N2O3S. The second kappa shape index (κ2) is 7.89. The molecule has 2 heterocycles. The van der Waals surface area contributed by atoms with E-state index in [0.717, 1.165) is 27.8 Å². The van der Waals surface area contributed by atoms with E-state index in [2.05, 4.69) is 28.1 Å². The van der Waals surface area contributed by atoms with Crippen LogP contribution in [0.4, 0.5) is 0 Å². The predicted octanol–water partition coefficient (Wildman–Crippen LogP) is 3.43. The fraction of sp³-hybridized carbons (Fsp3) is 0.318. The van der Waals surface area contributed by atoms with E-state index in [-0.39, 0.29) is 17.5 Å². The summed E-state index contributed by atoms with van der Waals surface area (Å²) in [5, 5.41) is 1.10. The van der Waals surface area contributed by atoms with E-state index in [0.29, 0.717) is 19.5 Å². The summed E-state index contributed by atoms with van der Waals surface area (Å²) >= 11 is 0. The molecule has 1 aliphatic heterocycles. The van der Waals surface area contributed by atoms with Gasteiger partial charge in [0.1, 0.15) is 5.75 Å². The van der Waals surface area contributed by atoms with E-state index in [1.54, 1.807) is 13.3 Å². The lowest BCUT2D eigenvalue weighted by Gasteiger charge is -2.28. The molecule has 6 heteroatoms. The van der Waals surface area contributed by atoms with Crippen LogP contribution in [0.2, 0.25) is 0 Å². The van der Waals surface area contributed by atoms with Gasteiger partial charge in [0.25, 0.3) is 0 Å². The third-order valence-electron chi connectivity index (χ3n) is 5.36. The molecule has 146 valence electrons. The predicted molar refractivity (Wildman–Crippen MR) is 111 cm³/mol. The standard InChI is InChI=1S/C22H24N2O3S/c1-27-21-9-7-17(8-10-21)14-24(20-11-13-28(25,26)16-20)15-19-5-2-4-18-6-3-12-23-22(18)19/h2-10,12,20H,11,13-16H2,1H3. The number of hydrogen-bond acceptors (Lipinski definition) is 5. The van der Waals surface area contributed by atoms with Gasteiger partial charge >= 0.3 is 0 Å². The van der Waals surface area contributed by atoms with Crippen molar-refractivity contribution >= 4 is 20.7 Å². The number of pyridine rings is 1. The molecule has 28 heavy (non-hydrogen) atoms. The van der Waals surface area contributed by atoms with Crippen LogP contribution in [0.5, 0.6) is 5.75 Å². The number of aromatic nitrogens is 1. The van der Waals surface area contributed by atoms with Crippen LogP contribution in [0.3, 0.4) is 0 Å². The second-order valence-corrected chi connectivity index (χ2v) is 9.53. The Morgan fingerprint density at radius 1 is 1.07 bits per heavy atom. The topological polar surface area (TPSA) is 59.5 Å². The summed E-state index contributed by atoms with van der Waals surface area (Å²) in [6, 6.07) is 18.1. The van der Waals surface area contributed by atoms with Crippen molar-refractivity contribution in [1.29, 1.82) is 0 Å². The van der Waals surface area contributed by atoms with Crippen LogP contribution >= 0.6 is 0 Å². The summed E-state index contributed by atoms with van der Waals surface area (Å²) in [6.45, 7) is 1.36. The van der Waals surface area contributed by atoms with Crippen molar-refractivity contribution in [3.8, 4) is 5.75 Å². The van der Waals surface area contributed by atoms with Crippen molar-refractivity contribution < 1.29 is 13.2 Å². The average molecular weight is 397 g/mol. The number of rotatable bonds is 6. The minimum Gasteiger partial charge on any atom is -0.497 e. The van der Waals surface area contributed by atoms with E-state index < -0.39 is 9.84 Å². The Balaban J connectivity index is 1.64. The second-order valence-electron chi connectivity index (χ2n) is 7.30. The lowest BCUT2D eigenvalue weighted by Crippen LogP contribution is -2.35. The van der Waals surface area contributed by atoms with Gasteiger partial charge in [-0.05, 0) is 35.7 Å². The first-order valence-electron chi connectivity index (χ1n) is 9.44. The third kappa shape index (κ3) is 4.18. The summed E-state index contributed by atoms with van der Waals surface area (Å²) in [6.07, 6.45) is 2.48. The van der Waals surface area contributed by atoms with Crippen molar-refractivity contribution in [3.05, 3.63) is 71.9 Å². The molecule has 1 atom stereocenters. The maximum absolute atomic E-state index is 12.1. The fourth-order valence-electron chi connectivity index (χ4n) is 3.86. The van der Waals surface area contributed by atoms with E-state index >= 15 is 0 Å². The van der Waals surface area contributed by atoms with E-state index in [4.69, 9.17) is 4.74 Å². The van der Waals surface area contributed by atoms with Crippen LogP contribution < -0.4 is 4.74 Å². The maximum atomic E-state index is 12.1. The summed E-state index contributed by atoms with van der Waals surface area (Å²) in [7, 11) is -1.30. The zero-order valence-electron chi connectivity index (χ0n) is 15.9. The first kappa shape index (κ1) is 18.9. The van der Waals surface area contributed by atoms with Crippen molar-refractivity contribution in [2.75, 3.05) is 18.6 Å². The molecule has 0 amide bonds. The van der Waals surface area contributed by atoms with Gasteiger partial charge in [-0.1, -0.05) is 36.4 Å². The number of ether oxygens (including phenoxy) is 1. The fourth-order valence-corrected chi connectivity index (χ4v) is 5.62. The Hall–Kier alpha value is -2.44. The van der Waals surface area contributed by atoms with Gasteiger partial charge < -0.3 is 4.74 Å². The highest BCUT2D eigenvalue weighted by molar-refractivity contribution is 7.91. The van der Waals surface area contributed by atoms with E-state index in [1.165, 1.54) is 0 Å². The van der Waals surface area contributed by atoms with Crippen molar-refractivity contribution in [3.63, 3.8) is 0 Å². The molecule has 0 saturated carbocycles. The third-order valence-corrected chi connectivity index (χ3v) is 7.11. The van der Waals surface area contributed by atoms with Crippen LogP contribution in [0.25, 0.3) is 10.9 Å². The van der Waals surface area contributed by atoms with Gasteiger partial charge in [0.05, 0.1) is 24.1 Å². The number of hydrogen-bond donors (Lipinski definition) is 0. The normalized spacial score (nSPS) is 18.6. The maximum Gasteiger partial charge on any atom is 0.151 e. The molecular weight excluding hydrogens is 372 g/mol. The molecule has 0 radical (unpaired) electrons. The van der Waals surface area contributed by atoms with E-state index in [1.807, 2.05) is 36.4 Å². The molecule has 0 N–H and O–H groups in total. The highest BCUT2D eigenvalue weighted by Crippen LogP contribution is 2.25. The number of nitrogens with zero attached hydrogens (tertiary/aromatic N) is 2. The van der Waals surface area contributed by atoms with Crippen molar-refractivity contribution in [2.24, 2.45) is 0 Å². The van der Waals surface area contributed by atoms with Crippen LogP contribution in [0.1, 0.15) is 17.5 Å². The molecule has 3 aromatic rings. The van der Waals surface area contributed by atoms with Gasteiger partial charge in [-0.25, -0.2) is 8.42 Å². The van der Waals surface area contributed by atoms with E-state index in [9.17, 15) is 8.42 Å². The van der Waals surface area contributed by atoms with Gasteiger partial charge in [0.2, 0.25) is 0 Å². The SMILES string of the molecule is COc1ccc(CN(Cc2cccc3cccnc23)C2CCS(=O)(=O)C2)cc1. The van der Waals surface area contributed by atoms with Crippen molar-refractivity contribution in [2.45, 2.75) is 25.6 Å². The molecule has 1 aliphatic rings. The van der Waals surface area contributed by atoms with Gasteiger partial charge in [-0.3, -0.25) is 9.88 Å². The smallest absolute Gasteiger partial charge is 0.151 e. The summed E-state index contributed by atoms with van der Waals surface area (Å²) in [5.74, 6) is 1.31. The minimum atomic E-state index is -2.96. The number of sulfone groups is 1. The molecule has 1 fully saturated rings. The number of benzene rings is 2. The quantitative estimate of drug-likeness (QED) is 0.639. The zero-order chi connectivity index (χ0) is 19.6. The molecule has 1 saturated heterocycles. The summed E-state index contributed by atoms with van der Waals surface area (Å²) in [4.78, 5) is 6.83. The highest BCUT2D eigenvalue weighted by Gasteiger charge is 2.32. The Morgan fingerprint density at radius 3 is 2.57 bits per heavy atom. The van der Waals surface area contributed by atoms with Crippen molar-refractivity contribution in [1.82, 2.24) is 9.88 Å². The Kier molecular flexibility index (Phi) is 5.33. The first-order chi connectivity index (χ1) is 13.5. The van der Waals surface area contributed by atoms with Crippen LogP contribution in [0.15, 0.2) is 60.8 Å². The molecule has 0 bridgehead atoms. The van der Waals surface area contributed by atoms with Crippen LogP contribution in [-0.4, -0.2) is 43.0 Å². The number of methoxy groups -OCH3 is 1. The number of para-hydroxylation sites is 1. The number of fused-ring (bicyclic) bond motifs is 1. The summed E-state index contributed by atoms with van der Waals surface area (Å²) < 4.78 is 29.4. The molecule has 2 aromatic carbocycles. The zero-order valence-corrected chi connectivity index (χ0v) is 16.7. The van der Waals surface area contributed by atoms with Crippen LogP contribution in [0, 0.1) is 0 Å². The molecule has 4 rings (SSSR count). The Bertz CT molecular complexity index is 1060. The monoisotopic (exact) mass is 396 g/mol. The molecule has 5 nitrogen and oxygen atoms in total. The summed E-state index contributed by atoms with van der Waals surface area (Å²) in [5.41, 5.74) is 3.24. The van der Waals surface area contributed by atoms with Crippen LogP contribution in [-0.2, 0) is 22.9 Å². The highest BCUT2D eigenvalue weighted by atomic mass is 32.2. The van der Waals surface area contributed by atoms with Gasteiger partial charge in [-0.2, -0.15) is 0 Å². The lowest BCUT2D eigenvalue weighted by atomic mass is 10.1. The minimum absolute atomic E-state index is 0.0195. The van der Waals surface area contributed by atoms with Gasteiger partial charge in [0, 0.05) is 30.7 Å². The molecule has 0 spiro atoms. The largest absolute Gasteiger partial charge is 0.497 e. The first-order valence-corrected chi connectivity index (χ1v) is 11.3. The van der Waals surface area contributed by atoms with Gasteiger partial charge in [-0.15, -0.1) is 0 Å². The molecule has 1 unspecified atom stereocenters. The lowest BCUT2D eigenvalue weighted by molar-refractivity contribution is 0.195. The Labute approximate surface area is 165 Å². The molecule has 0 aliphatic carbocycles. The van der Waals surface area contributed by atoms with Gasteiger partial charge in [0.15, 0.2) is 9.84 Å².